The smallest absolute Gasteiger partial charge is 0.339 e. The summed E-state index contributed by atoms with van der Waals surface area (Å²) in [5.41, 5.74) is -0.104. The van der Waals surface area contributed by atoms with Crippen molar-refractivity contribution in [1.29, 1.82) is 0 Å². The van der Waals surface area contributed by atoms with Gasteiger partial charge in [0.1, 0.15) is 11.3 Å². The van der Waals surface area contributed by atoms with Crippen molar-refractivity contribution in [3.63, 3.8) is 0 Å². The number of hydrogen-bond donors (Lipinski definition) is 2. The van der Waals surface area contributed by atoms with Gasteiger partial charge in [0.2, 0.25) is 0 Å². The Labute approximate surface area is 123 Å². The van der Waals surface area contributed by atoms with Gasteiger partial charge in [0.25, 0.3) is 5.91 Å². The Kier molecular flexibility index (Phi) is 4.37. The molecule has 2 heterocycles. The number of furan rings is 1. The molecule has 1 aliphatic rings. The van der Waals surface area contributed by atoms with E-state index in [1.165, 1.54) is 6.07 Å². The Morgan fingerprint density at radius 2 is 2.19 bits per heavy atom. The van der Waals surface area contributed by atoms with Crippen LogP contribution in [0.5, 0.6) is 0 Å². The summed E-state index contributed by atoms with van der Waals surface area (Å²) in [4.78, 5) is 23.1. The third kappa shape index (κ3) is 3.64. The maximum absolute atomic E-state index is 12.0. The number of carboxylic acids is 1. The molecule has 116 valence electrons. The van der Waals surface area contributed by atoms with E-state index >= 15 is 0 Å². The molecule has 2 rings (SSSR count). The van der Waals surface area contributed by atoms with Crippen molar-refractivity contribution in [2.75, 3.05) is 6.54 Å². The van der Waals surface area contributed by atoms with Gasteiger partial charge in [-0.15, -0.1) is 0 Å². The number of aromatic carboxylic acids is 1. The topological polar surface area (TPSA) is 88.8 Å². The number of carbonyl (C=O) groups excluding carboxylic acids is 1. The fourth-order valence-electron chi connectivity index (χ4n) is 2.50. The van der Waals surface area contributed by atoms with E-state index < -0.39 is 11.9 Å². The lowest BCUT2D eigenvalue weighted by molar-refractivity contribution is -0.0139. The molecule has 2 N–H and O–H groups in total. The molecule has 0 aliphatic carbocycles. The Morgan fingerprint density at radius 1 is 1.48 bits per heavy atom. The van der Waals surface area contributed by atoms with E-state index in [2.05, 4.69) is 5.32 Å². The minimum atomic E-state index is -1.09. The molecular formula is C15H21NO5. The van der Waals surface area contributed by atoms with Crippen LogP contribution in [-0.2, 0) is 11.2 Å². The highest BCUT2D eigenvalue weighted by Gasteiger charge is 2.32. The van der Waals surface area contributed by atoms with Gasteiger partial charge >= 0.3 is 5.97 Å². The van der Waals surface area contributed by atoms with Crippen molar-refractivity contribution in [3.05, 3.63) is 23.2 Å². The second-order valence-electron chi connectivity index (χ2n) is 5.85. The molecule has 0 aromatic carbocycles. The van der Waals surface area contributed by atoms with E-state index in [9.17, 15) is 9.59 Å². The van der Waals surface area contributed by atoms with Gasteiger partial charge in [-0.3, -0.25) is 4.79 Å². The van der Waals surface area contributed by atoms with Crippen LogP contribution in [0.3, 0.4) is 0 Å². The van der Waals surface area contributed by atoms with E-state index in [-0.39, 0.29) is 23.0 Å². The fourth-order valence-corrected chi connectivity index (χ4v) is 2.50. The van der Waals surface area contributed by atoms with Gasteiger partial charge < -0.3 is 19.6 Å². The van der Waals surface area contributed by atoms with Crippen molar-refractivity contribution in [2.24, 2.45) is 0 Å². The monoisotopic (exact) mass is 295 g/mol. The van der Waals surface area contributed by atoms with Crippen molar-refractivity contribution < 1.29 is 23.8 Å². The third-order valence-electron chi connectivity index (χ3n) is 3.63. The van der Waals surface area contributed by atoms with Crippen LogP contribution in [0, 0.1) is 0 Å². The molecule has 1 saturated heterocycles. The molecule has 6 nitrogen and oxygen atoms in total. The minimum absolute atomic E-state index is 0.0106. The van der Waals surface area contributed by atoms with Crippen LogP contribution in [0.4, 0.5) is 0 Å². The molecule has 0 spiro atoms. The second kappa shape index (κ2) is 5.89. The zero-order valence-electron chi connectivity index (χ0n) is 12.6. The number of rotatable bonds is 5. The lowest BCUT2D eigenvalue weighted by Crippen LogP contribution is -2.33. The quantitative estimate of drug-likeness (QED) is 0.869. The highest BCUT2D eigenvalue weighted by Crippen LogP contribution is 2.28. The molecule has 1 aliphatic heterocycles. The number of aryl methyl sites for hydroxylation is 1. The summed E-state index contributed by atoms with van der Waals surface area (Å²) in [6.07, 6.45) is 2.27. The summed E-state index contributed by atoms with van der Waals surface area (Å²) in [6.45, 7) is 6.22. The number of ether oxygens (including phenoxy) is 1. The highest BCUT2D eigenvalue weighted by molar-refractivity contribution is 5.96. The van der Waals surface area contributed by atoms with Gasteiger partial charge in [-0.05, 0) is 26.7 Å². The van der Waals surface area contributed by atoms with Crippen LogP contribution in [0.25, 0.3) is 0 Å². The number of hydrogen-bond acceptors (Lipinski definition) is 4. The number of amides is 1. The molecule has 1 unspecified atom stereocenters. The van der Waals surface area contributed by atoms with E-state index in [4.69, 9.17) is 14.3 Å². The molecule has 6 heteroatoms. The van der Waals surface area contributed by atoms with Crippen LogP contribution in [0.15, 0.2) is 10.5 Å². The van der Waals surface area contributed by atoms with Crippen molar-refractivity contribution >= 4 is 11.9 Å². The van der Waals surface area contributed by atoms with E-state index in [0.717, 1.165) is 12.8 Å². The molecular weight excluding hydrogens is 274 g/mol. The zero-order chi connectivity index (χ0) is 15.6. The summed E-state index contributed by atoms with van der Waals surface area (Å²) < 4.78 is 11.1. The van der Waals surface area contributed by atoms with Gasteiger partial charge in [0, 0.05) is 19.0 Å². The molecule has 21 heavy (non-hydrogen) atoms. The largest absolute Gasteiger partial charge is 0.478 e. The second-order valence-corrected chi connectivity index (χ2v) is 5.85. The Hall–Kier alpha value is -1.82. The Balaban J connectivity index is 1.96. The van der Waals surface area contributed by atoms with Crippen molar-refractivity contribution in [1.82, 2.24) is 5.32 Å². The van der Waals surface area contributed by atoms with E-state index in [0.29, 0.717) is 18.7 Å². The number of nitrogens with one attached hydrogen (secondary N) is 1. The SMILES string of the molecule is CCc1oc(C(=O)NCC2CCC(C)(C)O2)cc1C(=O)O. The first-order valence-corrected chi connectivity index (χ1v) is 7.14. The van der Waals surface area contributed by atoms with Gasteiger partial charge in [-0.2, -0.15) is 0 Å². The first-order chi connectivity index (χ1) is 9.82. The van der Waals surface area contributed by atoms with E-state index in [1.54, 1.807) is 6.92 Å². The lowest BCUT2D eigenvalue weighted by atomic mass is 10.1. The third-order valence-corrected chi connectivity index (χ3v) is 3.63. The summed E-state index contributed by atoms with van der Waals surface area (Å²) in [7, 11) is 0. The zero-order valence-corrected chi connectivity index (χ0v) is 12.6. The molecule has 0 radical (unpaired) electrons. The van der Waals surface area contributed by atoms with Crippen LogP contribution in [-0.4, -0.2) is 35.2 Å². The Morgan fingerprint density at radius 3 is 2.67 bits per heavy atom. The van der Waals surface area contributed by atoms with Crippen LogP contribution >= 0.6 is 0 Å². The predicted octanol–water partition coefficient (Wildman–Crippen LogP) is 2.23. The van der Waals surface area contributed by atoms with Crippen molar-refractivity contribution in [2.45, 2.75) is 51.7 Å². The number of carboxylic acid groups (broad SMARTS) is 1. The molecule has 0 saturated carbocycles. The first kappa shape index (κ1) is 15.6. The first-order valence-electron chi connectivity index (χ1n) is 7.14. The maximum atomic E-state index is 12.0. The Bertz CT molecular complexity index is 546. The van der Waals surface area contributed by atoms with Gasteiger partial charge in [-0.1, -0.05) is 6.92 Å². The predicted molar refractivity (Wildman–Crippen MR) is 75.6 cm³/mol. The standard InChI is InChI=1S/C15H21NO5/c1-4-11-10(14(18)19)7-12(20-11)13(17)16-8-9-5-6-15(2,3)21-9/h7,9H,4-6,8H2,1-3H3,(H,16,17)(H,18,19). The molecule has 1 aromatic heterocycles. The molecule has 1 fully saturated rings. The molecule has 1 amide bonds. The summed E-state index contributed by atoms with van der Waals surface area (Å²) in [5, 5.41) is 11.8. The lowest BCUT2D eigenvalue weighted by Gasteiger charge is -2.19. The van der Waals surface area contributed by atoms with Crippen molar-refractivity contribution in [3.8, 4) is 0 Å². The normalized spacial score (nSPS) is 20.4. The van der Waals surface area contributed by atoms with Crippen LogP contribution < -0.4 is 5.32 Å². The number of carbonyl (C=O) groups is 2. The van der Waals surface area contributed by atoms with Gasteiger partial charge in [0.05, 0.1) is 11.7 Å². The minimum Gasteiger partial charge on any atom is -0.478 e. The van der Waals surface area contributed by atoms with Gasteiger partial charge in [-0.25, -0.2) is 4.79 Å². The molecule has 1 atom stereocenters. The molecule has 1 aromatic rings. The average Bonchev–Trinajstić information content (AvgIpc) is 2.99. The molecule has 0 bridgehead atoms. The maximum Gasteiger partial charge on any atom is 0.339 e. The van der Waals surface area contributed by atoms with E-state index in [1.807, 2.05) is 13.8 Å². The fraction of sp³-hybridized carbons (Fsp3) is 0.600. The van der Waals surface area contributed by atoms with Crippen LogP contribution in [0.2, 0.25) is 0 Å². The summed E-state index contributed by atoms with van der Waals surface area (Å²) >= 11 is 0. The average molecular weight is 295 g/mol. The summed E-state index contributed by atoms with van der Waals surface area (Å²) in [5.74, 6) is -1.16. The highest BCUT2D eigenvalue weighted by atomic mass is 16.5. The summed E-state index contributed by atoms with van der Waals surface area (Å²) in [6, 6.07) is 1.27. The van der Waals surface area contributed by atoms with Gasteiger partial charge in [0.15, 0.2) is 5.76 Å². The van der Waals surface area contributed by atoms with Crippen LogP contribution in [0.1, 0.15) is 60.3 Å².